The number of aromatic nitrogens is 2. The van der Waals surface area contributed by atoms with Crippen LogP contribution in [0, 0.1) is 0 Å². The molecule has 202 valence electrons. The summed E-state index contributed by atoms with van der Waals surface area (Å²) in [4.78, 5) is 31.2. The van der Waals surface area contributed by atoms with E-state index in [-0.39, 0.29) is 18.0 Å². The van der Waals surface area contributed by atoms with Crippen LogP contribution in [0.1, 0.15) is 18.6 Å². The van der Waals surface area contributed by atoms with E-state index in [1.807, 2.05) is 36.4 Å². The Morgan fingerprint density at radius 1 is 1.00 bits per heavy atom. The van der Waals surface area contributed by atoms with Crippen molar-refractivity contribution in [3.8, 4) is 17.2 Å². The number of amides is 1. The molecule has 0 spiro atoms. The predicted octanol–water partition coefficient (Wildman–Crippen LogP) is 4.23. The predicted molar refractivity (Wildman–Crippen MR) is 153 cm³/mol. The lowest BCUT2D eigenvalue weighted by Crippen LogP contribution is -2.38. The summed E-state index contributed by atoms with van der Waals surface area (Å²) in [5, 5.41) is 15.8. The molecule has 1 amide bonds. The number of fused-ring (bicyclic) bond motifs is 5. The second kappa shape index (κ2) is 10.0. The molecule has 0 aliphatic rings. The van der Waals surface area contributed by atoms with Gasteiger partial charge >= 0.3 is 0 Å². The zero-order chi connectivity index (χ0) is 28.0. The lowest BCUT2D eigenvalue weighted by atomic mass is 10.1. The van der Waals surface area contributed by atoms with Crippen molar-refractivity contribution in [1.29, 1.82) is 0 Å². The van der Waals surface area contributed by atoms with Gasteiger partial charge in [0.15, 0.2) is 17.6 Å². The SMILES string of the molecule is COc1ccc2c(c1OC)c(=O)n1c3ccc(O[C@@H](C)C(=O)NC[C@H](O)c4ccccc4)cc3c3ccnc2c31. The number of aliphatic hydroxyl groups is 1. The van der Waals surface area contributed by atoms with Crippen LogP contribution in [0.2, 0.25) is 0 Å². The Hall–Kier alpha value is -4.89. The summed E-state index contributed by atoms with van der Waals surface area (Å²) >= 11 is 0. The van der Waals surface area contributed by atoms with Crippen molar-refractivity contribution in [2.24, 2.45) is 0 Å². The van der Waals surface area contributed by atoms with E-state index in [9.17, 15) is 14.7 Å². The van der Waals surface area contributed by atoms with Crippen LogP contribution in [0.5, 0.6) is 17.2 Å². The summed E-state index contributed by atoms with van der Waals surface area (Å²) in [6.45, 7) is 1.71. The average Bonchev–Trinajstić information content (AvgIpc) is 3.32. The number of carbonyl (C=O) groups is 1. The molecule has 40 heavy (non-hydrogen) atoms. The topological polar surface area (TPSA) is 111 Å². The standard InChI is InChI=1S/C31H27N3O6/c1-17(30(36)33-16-24(35)18-7-5-4-6-8-18)40-19-9-11-23-22(15-19)20-13-14-32-27-21-10-12-25(38-2)29(39-3)26(21)31(37)34(23)28(20)27/h4-15,17,24,35H,16H2,1-3H3,(H,33,36)/t17-,24-/m0/s1. The molecule has 2 atom stereocenters. The minimum atomic E-state index is -0.822. The Balaban J connectivity index is 1.36. The zero-order valence-corrected chi connectivity index (χ0v) is 22.2. The zero-order valence-electron chi connectivity index (χ0n) is 22.2. The number of carbonyl (C=O) groups excluding carboxylic acids is 1. The van der Waals surface area contributed by atoms with E-state index >= 15 is 0 Å². The molecule has 0 radical (unpaired) electrons. The molecule has 9 heteroatoms. The van der Waals surface area contributed by atoms with E-state index < -0.39 is 12.2 Å². The fourth-order valence-corrected chi connectivity index (χ4v) is 5.27. The first-order chi connectivity index (χ1) is 19.4. The minimum Gasteiger partial charge on any atom is -0.493 e. The maximum atomic E-state index is 13.9. The van der Waals surface area contributed by atoms with Crippen molar-refractivity contribution >= 4 is 44.0 Å². The third-order valence-corrected chi connectivity index (χ3v) is 7.20. The number of hydrogen-bond donors (Lipinski definition) is 2. The number of methoxy groups -OCH3 is 2. The first-order valence-electron chi connectivity index (χ1n) is 12.8. The third kappa shape index (κ3) is 4.02. The lowest BCUT2D eigenvalue weighted by Gasteiger charge is -2.17. The highest BCUT2D eigenvalue weighted by Gasteiger charge is 2.23. The normalized spacial score (nSPS) is 13.1. The van der Waals surface area contributed by atoms with Crippen LogP contribution in [0.4, 0.5) is 0 Å². The number of nitrogens with zero attached hydrogens (tertiary/aromatic N) is 2. The molecule has 0 aliphatic carbocycles. The molecule has 6 aromatic rings. The highest BCUT2D eigenvalue weighted by molar-refractivity contribution is 6.19. The van der Waals surface area contributed by atoms with Crippen LogP contribution in [0.15, 0.2) is 77.7 Å². The molecule has 0 aliphatic heterocycles. The number of aliphatic hydroxyl groups excluding tert-OH is 1. The van der Waals surface area contributed by atoms with Gasteiger partial charge in [-0.25, -0.2) is 0 Å². The number of benzene rings is 3. The highest BCUT2D eigenvalue weighted by atomic mass is 16.5. The fourth-order valence-electron chi connectivity index (χ4n) is 5.27. The van der Waals surface area contributed by atoms with Crippen molar-refractivity contribution in [3.63, 3.8) is 0 Å². The second-order valence-corrected chi connectivity index (χ2v) is 9.53. The molecule has 2 N–H and O–H groups in total. The number of pyridine rings is 2. The molecule has 6 rings (SSSR count). The molecule has 0 bridgehead atoms. The van der Waals surface area contributed by atoms with Gasteiger partial charge in [0.05, 0.1) is 42.3 Å². The highest BCUT2D eigenvalue weighted by Crippen LogP contribution is 2.39. The largest absolute Gasteiger partial charge is 0.493 e. The monoisotopic (exact) mass is 537 g/mol. The smallest absolute Gasteiger partial charge is 0.267 e. The Bertz CT molecular complexity index is 1940. The Labute approximate surface area is 228 Å². The van der Waals surface area contributed by atoms with E-state index in [2.05, 4.69) is 10.3 Å². The van der Waals surface area contributed by atoms with E-state index in [1.54, 1.807) is 47.9 Å². The fraction of sp³-hybridized carbons (Fsp3) is 0.194. The Kier molecular flexibility index (Phi) is 6.36. The molecule has 3 heterocycles. The summed E-state index contributed by atoms with van der Waals surface area (Å²) in [5.74, 6) is 0.933. The maximum Gasteiger partial charge on any atom is 0.267 e. The summed E-state index contributed by atoms with van der Waals surface area (Å²) in [6, 6.07) is 19.9. The summed E-state index contributed by atoms with van der Waals surface area (Å²) < 4.78 is 18.6. The minimum absolute atomic E-state index is 0.0652. The van der Waals surface area contributed by atoms with Crippen LogP contribution in [-0.2, 0) is 4.79 Å². The van der Waals surface area contributed by atoms with Gasteiger partial charge in [0.1, 0.15) is 5.75 Å². The van der Waals surface area contributed by atoms with Gasteiger partial charge in [-0.05, 0) is 48.9 Å². The number of nitrogens with one attached hydrogen (secondary N) is 1. The van der Waals surface area contributed by atoms with Crippen LogP contribution in [0.25, 0.3) is 38.1 Å². The summed E-state index contributed by atoms with van der Waals surface area (Å²) in [6.07, 6.45) is 0.0704. The van der Waals surface area contributed by atoms with Crippen molar-refractivity contribution < 1.29 is 24.1 Å². The Morgan fingerprint density at radius 2 is 1.80 bits per heavy atom. The number of ether oxygens (including phenoxy) is 3. The molecule has 0 unspecified atom stereocenters. The first kappa shape index (κ1) is 25.4. The van der Waals surface area contributed by atoms with Gasteiger partial charge in [-0.2, -0.15) is 0 Å². The second-order valence-electron chi connectivity index (χ2n) is 9.53. The van der Waals surface area contributed by atoms with E-state index in [1.165, 1.54) is 14.2 Å². The number of hydrogen-bond acceptors (Lipinski definition) is 7. The summed E-state index contributed by atoms with van der Waals surface area (Å²) in [7, 11) is 3.03. The van der Waals surface area contributed by atoms with Gasteiger partial charge < -0.3 is 24.6 Å². The molecule has 0 saturated carbocycles. The van der Waals surface area contributed by atoms with E-state index in [4.69, 9.17) is 14.2 Å². The van der Waals surface area contributed by atoms with Gasteiger partial charge in [0.25, 0.3) is 11.5 Å². The van der Waals surface area contributed by atoms with Crippen LogP contribution in [-0.4, -0.2) is 47.3 Å². The summed E-state index contributed by atoms with van der Waals surface area (Å²) in [5.41, 5.74) is 2.51. The van der Waals surface area contributed by atoms with Crippen molar-refractivity contribution in [2.45, 2.75) is 19.1 Å². The van der Waals surface area contributed by atoms with Gasteiger partial charge in [-0.1, -0.05) is 30.3 Å². The maximum absolute atomic E-state index is 13.9. The quantitative estimate of drug-likeness (QED) is 0.280. The van der Waals surface area contributed by atoms with E-state index in [0.717, 1.165) is 16.3 Å². The van der Waals surface area contributed by atoms with E-state index in [0.29, 0.717) is 44.6 Å². The van der Waals surface area contributed by atoms with Crippen LogP contribution < -0.4 is 25.1 Å². The molecule has 0 saturated heterocycles. The van der Waals surface area contributed by atoms with Gasteiger partial charge in [-0.3, -0.25) is 19.0 Å². The first-order valence-corrected chi connectivity index (χ1v) is 12.8. The van der Waals surface area contributed by atoms with Crippen molar-refractivity contribution in [3.05, 3.63) is 88.8 Å². The molecule has 3 aromatic carbocycles. The average molecular weight is 538 g/mol. The molecule has 3 aromatic heterocycles. The lowest BCUT2D eigenvalue weighted by molar-refractivity contribution is -0.127. The third-order valence-electron chi connectivity index (χ3n) is 7.20. The molecule has 9 nitrogen and oxygen atoms in total. The van der Waals surface area contributed by atoms with Crippen molar-refractivity contribution in [2.75, 3.05) is 20.8 Å². The van der Waals surface area contributed by atoms with Crippen LogP contribution in [0.3, 0.4) is 0 Å². The van der Waals surface area contributed by atoms with Crippen molar-refractivity contribution in [1.82, 2.24) is 14.7 Å². The van der Waals surface area contributed by atoms with Gasteiger partial charge in [0.2, 0.25) is 0 Å². The Morgan fingerprint density at radius 3 is 2.55 bits per heavy atom. The van der Waals surface area contributed by atoms with Crippen LogP contribution >= 0.6 is 0 Å². The molecular formula is C31H27N3O6. The molecular weight excluding hydrogens is 510 g/mol. The van der Waals surface area contributed by atoms with Gasteiger partial charge in [0, 0.05) is 28.9 Å². The number of rotatable bonds is 8. The van der Waals surface area contributed by atoms with Gasteiger partial charge in [-0.15, -0.1) is 0 Å². The molecule has 0 fully saturated rings.